The number of likely N-dealkylation sites (N-methyl/N-ethyl adjacent to an activating group) is 1. The van der Waals surface area contributed by atoms with Gasteiger partial charge in [-0.1, -0.05) is 24.3 Å². The highest BCUT2D eigenvalue weighted by Crippen LogP contribution is 2.38. The Morgan fingerprint density at radius 1 is 1.18 bits per heavy atom. The van der Waals surface area contributed by atoms with Gasteiger partial charge in [-0.05, 0) is 74.2 Å². The monoisotopic (exact) mass is 536 g/mol. The van der Waals surface area contributed by atoms with Gasteiger partial charge in [0.2, 0.25) is 5.91 Å². The van der Waals surface area contributed by atoms with Crippen LogP contribution in [0.5, 0.6) is 0 Å². The number of hydrogen-bond acceptors (Lipinski definition) is 7. The molecule has 1 fully saturated rings. The van der Waals surface area contributed by atoms with Crippen LogP contribution in [-0.4, -0.2) is 64.0 Å². The van der Waals surface area contributed by atoms with Crippen LogP contribution >= 0.6 is 11.3 Å². The van der Waals surface area contributed by atoms with Gasteiger partial charge < -0.3 is 15.3 Å². The molecule has 4 aromatic rings. The van der Waals surface area contributed by atoms with Gasteiger partial charge in [0.25, 0.3) is 0 Å². The molecule has 5 rings (SSSR count). The quantitative estimate of drug-likeness (QED) is 0.348. The maximum absolute atomic E-state index is 13.5. The average molecular weight is 537 g/mol. The second-order valence-electron chi connectivity index (χ2n) is 9.64. The minimum absolute atomic E-state index is 0.0530. The summed E-state index contributed by atoms with van der Waals surface area (Å²) in [6.45, 7) is 4.18. The average Bonchev–Trinajstić information content (AvgIpc) is 3.54. The molecule has 200 valence electrons. The Balaban J connectivity index is 1.45. The van der Waals surface area contributed by atoms with E-state index < -0.39 is 0 Å². The van der Waals surface area contributed by atoms with Crippen LogP contribution in [0, 0.1) is 5.82 Å². The number of amides is 1. The van der Waals surface area contributed by atoms with E-state index in [9.17, 15) is 14.3 Å². The summed E-state index contributed by atoms with van der Waals surface area (Å²) in [6.07, 6.45) is 4.94. The van der Waals surface area contributed by atoms with Crippen LogP contribution in [0.3, 0.4) is 0 Å². The number of aryl methyl sites for hydroxylation is 1. The number of thiazole rings is 1. The third kappa shape index (κ3) is 5.16. The zero-order valence-electron chi connectivity index (χ0n) is 21.9. The van der Waals surface area contributed by atoms with Crippen LogP contribution in [0.15, 0.2) is 42.6 Å². The van der Waals surface area contributed by atoms with E-state index in [1.54, 1.807) is 19.2 Å². The van der Waals surface area contributed by atoms with E-state index in [0.717, 1.165) is 65.1 Å². The van der Waals surface area contributed by atoms with Gasteiger partial charge in [0.15, 0.2) is 5.13 Å². The number of aliphatic hydroxyl groups excluding tert-OH is 1. The summed E-state index contributed by atoms with van der Waals surface area (Å²) in [5.74, 6) is 1.11. The minimum atomic E-state index is -0.307. The van der Waals surface area contributed by atoms with Crippen molar-refractivity contribution < 1.29 is 14.3 Å². The Hall–Kier alpha value is -3.34. The first-order valence-electron chi connectivity index (χ1n) is 13.0. The lowest BCUT2D eigenvalue weighted by Crippen LogP contribution is -2.40. The van der Waals surface area contributed by atoms with Crippen molar-refractivity contribution in [3.05, 3.63) is 64.5 Å². The fourth-order valence-electron chi connectivity index (χ4n) is 5.15. The molecular weight excluding hydrogens is 503 g/mol. The summed E-state index contributed by atoms with van der Waals surface area (Å²) >= 11 is 1.42. The van der Waals surface area contributed by atoms with E-state index in [1.165, 1.54) is 29.0 Å². The van der Waals surface area contributed by atoms with Crippen LogP contribution in [-0.2, 0) is 17.8 Å². The van der Waals surface area contributed by atoms with Crippen molar-refractivity contribution in [1.29, 1.82) is 0 Å². The van der Waals surface area contributed by atoms with E-state index in [2.05, 4.69) is 39.9 Å². The number of likely N-dealkylation sites (tertiary alicyclic amines) is 1. The topological polar surface area (TPSA) is 86.0 Å². The van der Waals surface area contributed by atoms with Crippen LogP contribution in [0.2, 0.25) is 0 Å². The van der Waals surface area contributed by atoms with Gasteiger partial charge in [-0.3, -0.25) is 14.1 Å². The molecule has 0 unspecified atom stereocenters. The lowest BCUT2D eigenvalue weighted by atomic mass is 9.90. The molecule has 0 aliphatic carbocycles. The number of hydrogen-bond donors (Lipinski definition) is 2. The Morgan fingerprint density at radius 2 is 1.92 bits per heavy atom. The van der Waals surface area contributed by atoms with E-state index >= 15 is 0 Å². The fraction of sp³-hybridized carbons (Fsp3) is 0.393. The summed E-state index contributed by atoms with van der Waals surface area (Å²) < 4.78 is 15.6. The molecular formula is C28H33FN6O2S. The number of halogens is 1. The molecule has 0 atom stereocenters. The number of nitrogens with one attached hydrogen (secondary N) is 1. The largest absolute Gasteiger partial charge is 0.391 e. The molecule has 1 aliphatic rings. The summed E-state index contributed by atoms with van der Waals surface area (Å²) in [5, 5.41) is 13.5. The van der Waals surface area contributed by atoms with E-state index in [-0.39, 0.29) is 18.3 Å². The predicted octanol–water partition coefficient (Wildman–Crippen LogP) is 4.34. The number of aromatic nitrogens is 3. The third-order valence-corrected chi connectivity index (χ3v) is 8.39. The highest BCUT2D eigenvalue weighted by molar-refractivity contribution is 7.16. The highest BCUT2D eigenvalue weighted by atomic mass is 32.1. The minimum Gasteiger partial charge on any atom is -0.391 e. The Morgan fingerprint density at radius 3 is 2.58 bits per heavy atom. The molecule has 0 saturated carbocycles. The molecule has 3 aromatic heterocycles. The molecule has 0 bridgehead atoms. The van der Waals surface area contributed by atoms with E-state index in [4.69, 9.17) is 9.97 Å². The lowest BCUT2D eigenvalue weighted by molar-refractivity contribution is -0.122. The van der Waals surface area contributed by atoms with Crippen molar-refractivity contribution in [3.8, 4) is 11.3 Å². The van der Waals surface area contributed by atoms with Crippen molar-refractivity contribution in [1.82, 2.24) is 24.6 Å². The van der Waals surface area contributed by atoms with Gasteiger partial charge in [-0.2, -0.15) is 0 Å². The summed E-state index contributed by atoms with van der Waals surface area (Å²) in [6, 6.07) is 10.4. The van der Waals surface area contributed by atoms with Crippen molar-refractivity contribution in [2.75, 3.05) is 38.6 Å². The number of carbonyl (C=O) groups excluding carboxylic acids is 1. The van der Waals surface area contributed by atoms with Gasteiger partial charge in [0, 0.05) is 25.9 Å². The molecule has 0 radical (unpaired) electrons. The summed E-state index contributed by atoms with van der Waals surface area (Å²) in [7, 11) is 3.65. The summed E-state index contributed by atoms with van der Waals surface area (Å²) in [4.78, 5) is 26.5. The van der Waals surface area contributed by atoms with Gasteiger partial charge in [0.05, 0.1) is 29.4 Å². The number of aliphatic hydroxyl groups is 1. The van der Waals surface area contributed by atoms with Crippen LogP contribution in [0.4, 0.5) is 15.3 Å². The first kappa shape index (κ1) is 26.3. The standard InChI is InChI=1S/C28H33FN6O2S/c1-4-22-27(33(3)28-32-26(23(17-36)38-28)19-5-8-21(29)9-6-19)35-15-20(7-10-24(35)31-22)18-11-13-34(14-12-18)16-25(37)30-2/h5-10,15,18,36H,4,11-14,16-17H2,1-3H3,(H,30,37). The molecule has 1 saturated heterocycles. The molecule has 10 heteroatoms. The molecule has 38 heavy (non-hydrogen) atoms. The second-order valence-corrected chi connectivity index (χ2v) is 10.7. The summed E-state index contributed by atoms with van der Waals surface area (Å²) in [5.41, 5.74) is 4.53. The number of nitrogens with zero attached hydrogens (tertiary/aromatic N) is 5. The number of imidazole rings is 1. The first-order valence-corrected chi connectivity index (χ1v) is 13.8. The normalized spacial score (nSPS) is 14.8. The third-order valence-electron chi connectivity index (χ3n) is 7.28. The number of rotatable bonds is 8. The molecule has 1 aliphatic heterocycles. The van der Waals surface area contributed by atoms with Crippen LogP contribution in [0.1, 0.15) is 41.8 Å². The van der Waals surface area contributed by atoms with Gasteiger partial charge in [-0.25, -0.2) is 14.4 Å². The molecule has 2 N–H and O–H groups in total. The van der Waals surface area contributed by atoms with Crippen molar-refractivity contribution in [2.45, 2.75) is 38.7 Å². The number of pyridine rings is 1. The van der Waals surface area contributed by atoms with Crippen molar-refractivity contribution in [3.63, 3.8) is 0 Å². The molecule has 1 aromatic carbocycles. The van der Waals surface area contributed by atoms with Crippen LogP contribution < -0.4 is 10.2 Å². The molecule has 8 nitrogen and oxygen atoms in total. The molecule has 4 heterocycles. The predicted molar refractivity (Wildman–Crippen MR) is 149 cm³/mol. The van der Waals surface area contributed by atoms with Gasteiger partial charge in [0.1, 0.15) is 17.3 Å². The Labute approximate surface area is 225 Å². The number of benzene rings is 1. The van der Waals surface area contributed by atoms with Gasteiger partial charge in [-0.15, -0.1) is 0 Å². The zero-order valence-corrected chi connectivity index (χ0v) is 22.8. The SMILES string of the molecule is CCc1nc2ccc(C3CCN(CC(=O)NC)CC3)cn2c1N(C)c1nc(-c2ccc(F)cc2)c(CO)s1. The number of carbonyl (C=O) groups is 1. The van der Waals surface area contributed by atoms with Gasteiger partial charge >= 0.3 is 0 Å². The smallest absolute Gasteiger partial charge is 0.233 e. The number of fused-ring (bicyclic) bond motifs is 1. The van der Waals surface area contributed by atoms with E-state index in [0.29, 0.717) is 18.2 Å². The molecule has 0 spiro atoms. The molecule has 1 amide bonds. The van der Waals surface area contributed by atoms with Crippen molar-refractivity contribution >= 4 is 33.8 Å². The highest BCUT2D eigenvalue weighted by Gasteiger charge is 2.25. The van der Waals surface area contributed by atoms with E-state index in [1.807, 2.05) is 11.9 Å². The Kier molecular flexibility index (Phi) is 7.73. The number of anilines is 2. The first-order chi connectivity index (χ1) is 18.4. The maximum Gasteiger partial charge on any atom is 0.233 e. The number of piperidine rings is 1. The zero-order chi connectivity index (χ0) is 26.8. The van der Waals surface area contributed by atoms with Crippen LogP contribution in [0.25, 0.3) is 16.9 Å². The maximum atomic E-state index is 13.5. The lowest BCUT2D eigenvalue weighted by Gasteiger charge is -2.31. The van der Waals surface area contributed by atoms with Crippen molar-refractivity contribution in [2.24, 2.45) is 0 Å². The fourth-order valence-corrected chi connectivity index (χ4v) is 6.06. The Bertz CT molecular complexity index is 1430. The second kappa shape index (κ2) is 11.2.